The van der Waals surface area contributed by atoms with Crippen molar-refractivity contribution in [2.75, 3.05) is 13.2 Å². The van der Waals surface area contributed by atoms with E-state index in [-0.39, 0.29) is 6.54 Å². The molecule has 0 bridgehead atoms. The molecule has 0 radical (unpaired) electrons. The Kier molecular flexibility index (Phi) is 3.96. The van der Waals surface area contributed by atoms with Gasteiger partial charge in [0, 0.05) is 6.54 Å². The molecule has 0 aliphatic rings. The van der Waals surface area contributed by atoms with Gasteiger partial charge in [0.05, 0.1) is 0 Å². The van der Waals surface area contributed by atoms with Crippen molar-refractivity contribution in [3.05, 3.63) is 0 Å². The summed E-state index contributed by atoms with van der Waals surface area (Å²) in [4.78, 5) is 10.0. The Bertz CT molecular complexity index is 97.0. The molecular weight excluding hydrogens is 125 g/mol. The van der Waals surface area contributed by atoms with Gasteiger partial charge in [-0.15, -0.1) is 0 Å². The number of hydrogen-bond acceptors (Lipinski definition) is 2. The molecule has 1 atom stereocenters. The maximum atomic E-state index is 11.4. The molecule has 0 aromatic heterocycles. The normalized spacial score (nSPS) is 13.1. The quantitative estimate of drug-likeness (QED) is 0.571. The largest absolute Gasteiger partial charge is 0.480 e. The van der Waals surface area contributed by atoms with Crippen molar-refractivity contribution in [2.45, 2.75) is 13.0 Å². The molecule has 9 heavy (non-hydrogen) atoms. The lowest BCUT2D eigenvalue weighted by molar-refractivity contribution is -0.138. The zero-order chi connectivity index (χ0) is 7.28. The SMILES string of the molecule is C[C@H](NCCF)C(=O)O. The monoisotopic (exact) mass is 135 g/mol. The van der Waals surface area contributed by atoms with Gasteiger partial charge in [0.25, 0.3) is 0 Å². The van der Waals surface area contributed by atoms with Crippen molar-refractivity contribution >= 4 is 5.97 Å². The van der Waals surface area contributed by atoms with Gasteiger partial charge in [-0.1, -0.05) is 0 Å². The van der Waals surface area contributed by atoms with Crippen molar-refractivity contribution in [3.63, 3.8) is 0 Å². The summed E-state index contributed by atoms with van der Waals surface area (Å²) in [6.45, 7) is 1.04. The zero-order valence-corrected chi connectivity index (χ0v) is 5.22. The van der Waals surface area contributed by atoms with E-state index < -0.39 is 18.7 Å². The molecule has 4 heteroatoms. The standard InChI is InChI=1S/C5H10FNO2/c1-4(5(8)9)7-3-2-6/h4,7H,2-3H2,1H3,(H,8,9)/t4-/m0/s1. The first-order valence-electron chi connectivity index (χ1n) is 2.70. The summed E-state index contributed by atoms with van der Waals surface area (Å²) >= 11 is 0. The second-order valence-electron chi connectivity index (χ2n) is 1.70. The predicted octanol–water partition coefficient (Wildman–Crippen LogP) is 0.0186. The topological polar surface area (TPSA) is 49.3 Å². The number of alkyl halides is 1. The van der Waals surface area contributed by atoms with E-state index in [9.17, 15) is 9.18 Å². The maximum absolute atomic E-state index is 11.4. The molecule has 0 rings (SSSR count). The average molecular weight is 135 g/mol. The fourth-order valence-corrected chi connectivity index (χ4v) is 0.358. The van der Waals surface area contributed by atoms with Crippen LogP contribution in [0.2, 0.25) is 0 Å². The van der Waals surface area contributed by atoms with Crippen molar-refractivity contribution < 1.29 is 14.3 Å². The Balaban J connectivity index is 3.27. The molecule has 0 unspecified atom stereocenters. The number of aliphatic carboxylic acids is 1. The predicted molar refractivity (Wildman–Crippen MR) is 31.1 cm³/mol. The Labute approximate surface area is 52.9 Å². The Morgan fingerprint density at radius 3 is 2.78 bits per heavy atom. The highest BCUT2D eigenvalue weighted by molar-refractivity contribution is 5.72. The highest BCUT2D eigenvalue weighted by Crippen LogP contribution is 1.78. The van der Waals surface area contributed by atoms with Crippen LogP contribution in [-0.2, 0) is 4.79 Å². The molecule has 0 spiro atoms. The third kappa shape index (κ3) is 3.90. The van der Waals surface area contributed by atoms with Gasteiger partial charge >= 0.3 is 5.97 Å². The van der Waals surface area contributed by atoms with E-state index >= 15 is 0 Å². The van der Waals surface area contributed by atoms with Crippen LogP contribution in [0.5, 0.6) is 0 Å². The second-order valence-corrected chi connectivity index (χ2v) is 1.70. The van der Waals surface area contributed by atoms with E-state index in [1.54, 1.807) is 0 Å². The van der Waals surface area contributed by atoms with Crippen LogP contribution in [-0.4, -0.2) is 30.3 Å². The zero-order valence-electron chi connectivity index (χ0n) is 5.22. The van der Waals surface area contributed by atoms with Crippen LogP contribution in [0.4, 0.5) is 4.39 Å². The molecule has 3 nitrogen and oxygen atoms in total. The van der Waals surface area contributed by atoms with Gasteiger partial charge in [0.1, 0.15) is 12.7 Å². The highest BCUT2D eigenvalue weighted by Gasteiger charge is 2.07. The number of carboxylic acids is 1. The van der Waals surface area contributed by atoms with Crippen molar-refractivity contribution in [1.82, 2.24) is 5.32 Å². The van der Waals surface area contributed by atoms with Crippen LogP contribution in [0.3, 0.4) is 0 Å². The number of carbonyl (C=O) groups is 1. The molecule has 0 aliphatic carbocycles. The van der Waals surface area contributed by atoms with Gasteiger partial charge < -0.3 is 10.4 Å². The molecular formula is C5H10FNO2. The minimum absolute atomic E-state index is 0.105. The third-order valence-electron chi connectivity index (χ3n) is 0.915. The van der Waals surface area contributed by atoms with Crippen molar-refractivity contribution in [2.24, 2.45) is 0 Å². The lowest BCUT2D eigenvalue weighted by Gasteiger charge is -2.04. The van der Waals surface area contributed by atoms with Gasteiger partial charge in [-0.25, -0.2) is 4.39 Å². The molecule has 0 heterocycles. The summed E-state index contributed by atoms with van der Waals surface area (Å²) in [5.74, 6) is -0.955. The van der Waals surface area contributed by atoms with Crippen molar-refractivity contribution in [1.29, 1.82) is 0 Å². The molecule has 0 saturated carbocycles. The van der Waals surface area contributed by atoms with Gasteiger partial charge in [0.2, 0.25) is 0 Å². The van der Waals surface area contributed by atoms with E-state index in [2.05, 4.69) is 5.32 Å². The summed E-state index contributed by atoms with van der Waals surface area (Å²) < 4.78 is 11.4. The number of halogens is 1. The summed E-state index contributed by atoms with van der Waals surface area (Å²) in [7, 11) is 0. The smallest absolute Gasteiger partial charge is 0.320 e. The fourth-order valence-electron chi connectivity index (χ4n) is 0.358. The summed E-state index contributed by atoms with van der Waals surface area (Å²) in [5, 5.41) is 10.7. The lowest BCUT2D eigenvalue weighted by atomic mass is 10.3. The molecule has 0 fully saturated rings. The molecule has 0 aliphatic heterocycles. The summed E-state index contributed by atoms with van der Waals surface area (Å²) in [6.07, 6.45) is 0. The average Bonchev–Trinajstić information content (AvgIpc) is 1.82. The molecule has 0 saturated heterocycles. The minimum atomic E-state index is -0.955. The highest BCUT2D eigenvalue weighted by atomic mass is 19.1. The molecule has 0 aromatic carbocycles. The first kappa shape index (κ1) is 8.36. The first-order valence-corrected chi connectivity index (χ1v) is 2.70. The van der Waals surface area contributed by atoms with E-state index in [1.807, 2.05) is 0 Å². The van der Waals surface area contributed by atoms with E-state index in [0.29, 0.717) is 0 Å². The van der Waals surface area contributed by atoms with E-state index in [4.69, 9.17) is 5.11 Å². The van der Waals surface area contributed by atoms with E-state index in [0.717, 1.165) is 0 Å². The fraction of sp³-hybridized carbons (Fsp3) is 0.800. The van der Waals surface area contributed by atoms with Crippen LogP contribution in [0.1, 0.15) is 6.92 Å². The molecule has 0 amide bonds. The molecule has 0 aromatic rings. The second kappa shape index (κ2) is 4.26. The minimum Gasteiger partial charge on any atom is -0.480 e. The Morgan fingerprint density at radius 2 is 2.44 bits per heavy atom. The van der Waals surface area contributed by atoms with Crippen LogP contribution in [0.25, 0.3) is 0 Å². The van der Waals surface area contributed by atoms with Crippen molar-refractivity contribution in [3.8, 4) is 0 Å². The van der Waals surface area contributed by atoms with Gasteiger partial charge in [0.15, 0.2) is 0 Å². The molecule has 54 valence electrons. The third-order valence-corrected chi connectivity index (χ3v) is 0.915. The first-order chi connectivity index (χ1) is 4.18. The van der Waals surface area contributed by atoms with Gasteiger partial charge in [-0.3, -0.25) is 4.79 Å². The van der Waals surface area contributed by atoms with Crippen LogP contribution in [0, 0.1) is 0 Å². The van der Waals surface area contributed by atoms with Crippen LogP contribution < -0.4 is 5.32 Å². The Hall–Kier alpha value is -0.640. The van der Waals surface area contributed by atoms with Crippen LogP contribution in [0.15, 0.2) is 0 Å². The van der Waals surface area contributed by atoms with Gasteiger partial charge in [-0.05, 0) is 6.92 Å². The summed E-state index contributed by atoms with van der Waals surface area (Å²) in [6, 6.07) is -0.652. The molecule has 2 N–H and O–H groups in total. The Morgan fingerprint density at radius 1 is 1.89 bits per heavy atom. The summed E-state index contributed by atoms with van der Waals surface area (Å²) in [5.41, 5.74) is 0. The van der Waals surface area contributed by atoms with E-state index in [1.165, 1.54) is 6.92 Å². The lowest BCUT2D eigenvalue weighted by Crippen LogP contribution is -2.34. The maximum Gasteiger partial charge on any atom is 0.320 e. The van der Waals surface area contributed by atoms with Gasteiger partial charge in [-0.2, -0.15) is 0 Å². The number of rotatable bonds is 4. The number of nitrogens with one attached hydrogen (secondary N) is 1. The number of hydrogen-bond donors (Lipinski definition) is 2. The number of carboxylic acid groups (broad SMARTS) is 1. The van der Waals surface area contributed by atoms with Crippen LogP contribution >= 0.6 is 0 Å².